The Labute approximate surface area is 158 Å². The number of thioether (sulfide) groups is 1. The fraction of sp³-hybridized carbons (Fsp3) is 0.500. The van der Waals surface area contributed by atoms with Crippen LogP contribution in [-0.4, -0.2) is 28.4 Å². The minimum Gasteiger partial charge on any atom is -0.360 e. The molecule has 1 aromatic heterocycles. The molecule has 0 spiro atoms. The second-order valence-electron chi connectivity index (χ2n) is 5.83. The van der Waals surface area contributed by atoms with E-state index < -0.39 is 0 Å². The molecule has 136 valence electrons. The van der Waals surface area contributed by atoms with Gasteiger partial charge in [-0.25, -0.2) is 0 Å². The van der Waals surface area contributed by atoms with E-state index in [-0.39, 0.29) is 11.9 Å². The average molecular weight is 379 g/mol. The maximum absolute atomic E-state index is 12.1. The first kappa shape index (κ1) is 19.7. The van der Waals surface area contributed by atoms with Crippen molar-refractivity contribution in [3.63, 3.8) is 0 Å². The molecule has 1 amide bonds. The van der Waals surface area contributed by atoms with Crippen LogP contribution in [0.2, 0.25) is 0 Å². The smallest absolute Gasteiger partial charge is 0.230 e. The Morgan fingerprint density at radius 2 is 2.00 bits per heavy atom. The first-order valence-electron chi connectivity index (χ1n) is 8.70. The zero-order chi connectivity index (χ0) is 18.1. The van der Waals surface area contributed by atoms with E-state index in [1.165, 1.54) is 28.7 Å². The summed E-state index contributed by atoms with van der Waals surface area (Å²) in [5.74, 6) is 0.355. The van der Waals surface area contributed by atoms with Gasteiger partial charge in [0.05, 0.1) is 11.8 Å². The molecule has 0 aliphatic heterocycles. The lowest BCUT2D eigenvalue weighted by Gasteiger charge is -2.14. The summed E-state index contributed by atoms with van der Waals surface area (Å²) >= 11 is 2.92. The van der Waals surface area contributed by atoms with Crippen LogP contribution in [0.5, 0.6) is 0 Å². The van der Waals surface area contributed by atoms with Gasteiger partial charge in [0.15, 0.2) is 4.34 Å². The molecule has 1 heterocycles. The number of hydrogen-bond acceptors (Lipinski definition) is 6. The molecule has 5 nitrogen and oxygen atoms in total. The second-order valence-corrected chi connectivity index (χ2v) is 8.03. The van der Waals surface area contributed by atoms with Gasteiger partial charge < -0.3 is 10.6 Å². The van der Waals surface area contributed by atoms with Gasteiger partial charge in [0.25, 0.3) is 0 Å². The average Bonchev–Trinajstić information content (AvgIpc) is 3.08. The molecule has 2 N–H and O–H groups in total. The topological polar surface area (TPSA) is 66.9 Å². The predicted octanol–water partition coefficient (Wildman–Crippen LogP) is 4.28. The third-order valence-corrected chi connectivity index (χ3v) is 5.82. The Balaban J connectivity index is 1.76. The minimum absolute atomic E-state index is 0.000280. The number of benzene rings is 1. The van der Waals surface area contributed by atoms with Crippen LogP contribution < -0.4 is 10.6 Å². The van der Waals surface area contributed by atoms with E-state index in [1.807, 2.05) is 6.92 Å². The zero-order valence-electron chi connectivity index (χ0n) is 15.0. The van der Waals surface area contributed by atoms with Gasteiger partial charge >= 0.3 is 0 Å². The highest BCUT2D eigenvalue weighted by Gasteiger charge is 2.12. The fourth-order valence-electron chi connectivity index (χ4n) is 2.25. The van der Waals surface area contributed by atoms with Crippen molar-refractivity contribution >= 4 is 34.1 Å². The van der Waals surface area contributed by atoms with Gasteiger partial charge in [0.2, 0.25) is 11.0 Å². The molecule has 0 aliphatic carbocycles. The van der Waals surface area contributed by atoms with Crippen molar-refractivity contribution < 1.29 is 4.79 Å². The standard InChI is InChI=1S/C18H26N4OS2/c1-4-6-11-19-17-21-22-18(25-17)24-12-16(23)20-13(3)15-9-7-14(5-2)8-10-15/h7-10,13H,4-6,11-12H2,1-3H3,(H,19,21)(H,20,23)/t13-/m1/s1. The van der Waals surface area contributed by atoms with Crippen LogP contribution in [0.15, 0.2) is 28.6 Å². The Morgan fingerprint density at radius 3 is 2.68 bits per heavy atom. The Morgan fingerprint density at radius 1 is 1.24 bits per heavy atom. The molecule has 0 saturated carbocycles. The summed E-state index contributed by atoms with van der Waals surface area (Å²) in [5, 5.41) is 15.3. The number of hydrogen-bond donors (Lipinski definition) is 2. The number of aromatic nitrogens is 2. The van der Waals surface area contributed by atoms with Gasteiger partial charge in [0.1, 0.15) is 0 Å². The number of nitrogens with zero attached hydrogens (tertiary/aromatic N) is 2. The molecule has 25 heavy (non-hydrogen) atoms. The first-order chi connectivity index (χ1) is 12.1. The van der Waals surface area contributed by atoms with Crippen LogP contribution in [0.3, 0.4) is 0 Å². The number of amides is 1. The van der Waals surface area contributed by atoms with Crippen molar-refractivity contribution in [1.82, 2.24) is 15.5 Å². The largest absolute Gasteiger partial charge is 0.360 e. The van der Waals surface area contributed by atoms with Gasteiger partial charge in [-0.2, -0.15) is 0 Å². The lowest BCUT2D eigenvalue weighted by molar-refractivity contribution is -0.119. The molecule has 0 saturated heterocycles. The number of aryl methyl sites for hydroxylation is 1. The highest BCUT2D eigenvalue weighted by atomic mass is 32.2. The SMILES string of the molecule is CCCCNc1nnc(SCC(=O)N[C@H](C)c2ccc(CC)cc2)s1. The number of carbonyl (C=O) groups excluding carboxylic acids is 1. The summed E-state index contributed by atoms with van der Waals surface area (Å²) in [7, 11) is 0. The minimum atomic E-state index is -0.000280. The van der Waals surface area contributed by atoms with Gasteiger partial charge in [-0.05, 0) is 30.9 Å². The van der Waals surface area contributed by atoms with Crippen LogP contribution in [0.25, 0.3) is 0 Å². The van der Waals surface area contributed by atoms with Crippen molar-refractivity contribution in [3.05, 3.63) is 35.4 Å². The van der Waals surface area contributed by atoms with E-state index in [0.717, 1.165) is 40.8 Å². The molecular weight excluding hydrogens is 352 g/mol. The monoisotopic (exact) mass is 378 g/mol. The molecule has 0 radical (unpaired) electrons. The second kappa shape index (κ2) is 10.4. The highest BCUT2D eigenvalue weighted by Crippen LogP contribution is 2.25. The quantitative estimate of drug-likeness (QED) is 0.477. The number of carbonyl (C=O) groups is 1. The number of rotatable bonds is 10. The number of nitrogens with one attached hydrogen (secondary N) is 2. The van der Waals surface area contributed by atoms with Crippen molar-refractivity contribution in [2.45, 2.75) is 50.4 Å². The summed E-state index contributed by atoms with van der Waals surface area (Å²) < 4.78 is 0.814. The molecular formula is C18H26N4OS2. The Kier molecular flexibility index (Phi) is 8.21. The van der Waals surface area contributed by atoms with Crippen LogP contribution in [-0.2, 0) is 11.2 Å². The van der Waals surface area contributed by atoms with Gasteiger partial charge in [0, 0.05) is 6.54 Å². The molecule has 1 atom stereocenters. The van der Waals surface area contributed by atoms with Crippen LogP contribution in [0, 0.1) is 0 Å². The Bertz CT molecular complexity index is 657. The summed E-state index contributed by atoms with van der Waals surface area (Å²) in [6.07, 6.45) is 3.28. The maximum atomic E-state index is 12.1. The van der Waals surface area contributed by atoms with E-state index in [9.17, 15) is 4.79 Å². The molecule has 0 bridgehead atoms. The van der Waals surface area contributed by atoms with Gasteiger partial charge in [-0.3, -0.25) is 4.79 Å². The summed E-state index contributed by atoms with van der Waals surface area (Å²) in [5.41, 5.74) is 2.42. The number of unbranched alkanes of at least 4 members (excludes halogenated alkanes) is 1. The summed E-state index contributed by atoms with van der Waals surface area (Å²) in [6, 6.07) is 8.38. The van der Waals surface area contributed by atoms with E-state index >= 15 is 0 Å². The molecule has 1 aromatic carbocycles. The van der Waals surface area contributed by atoms with Crippen LogP contribution in [0.4, 0.5) is 5.13 Å². The molecule has 2 aromatic rings. The number of anilines is 1. The third kappa shape index (κ3) is 6.66. The fourth-order valence-corrected chi connectivity index (χ4v) is 3.84. The lowest BCUT2D eigenvalue weighted by atomic mass is 10.1. The molecule has 0 fully saturated rings. The lowest BCUT2D eigenvalue weighted by Crippen LogP contribution is -2.28. The predicted molar refractivity (Wildman–Crippen MR) is 106 cm³/mol. The maximum Gasteiger partial charge on any atom is 0.230 e. The zero-order valence-corrected chi connectivity index (χ0v) is 16.7. The van der Waals surface area contributed by atoms with Crippen molar-refractivity contribution in [1.29, 1.82) is 0 Å². The molecule has 0 unspecified atom stereocenters. The van der Waals surface area contributed by atoms with E-state index in [1.54, 1.807) is 0 Å². The van der Waals surface area contributed by atoms with Crippen LogP contribution in [0.1, 0.15) is 50.8 Å². The van der Waals surface area contributed by atoms with E-state index in [0.29, 0.717) is 5.75 Å². The van der Waals surface area contributed by atoms with Crippen LogP contribution >= 0.6 is 23.1 Å². The Hall–Kier alpha value is -1.60. The molecule has 2 rings (SSSR count). The van der Waals surface area contributed by atoms with E-state index in [4.69, 9.17) is 0 Å². The molecule has 7 heteroatoms. The van der Waals surface area contributed by atoms with Crippen molar-refractivity contribution in [2.24, 2.45) is 0 Å². The van der Waals surface area contributed by atoms with Crippen molar-refractivity contribution in [2.75, 3.05) is 17.6 Å². The molecule has 0 aliphatic rings. The van der Waals surface area contributed by atoms with Crippen molar-refractivity contribution in [3.8, 4) is 0 Å². The van der Waals surface area contributed by atoms with Gasteiger partial charge in [-0.15, -0.1) is 10.2 Å². The normalized spacial score (nSPS) is 12.0. The van der Waals surface area contributed by atoms with Gasteiger partial charge in [-0.1, -0.05) is 67.6 Å². The summed E-state index contributed by atoms with van der Waals surface area (Å²) in [4.78, 5) is 12.1. The third-order valence-electron chi connectivity index (χ3n) is 3.81. The van der Waals surface area contributed by atoms with E-state index in [2.05, 4.69) is 58.9 Å². The first-order valence-corrected chi connectivity index (χ1v) is 10.5. The summed E-state index contributed by atoms with van der Waals surface area (Å²) in [6.45, 7) is 7.20. The highest BCUT2D eigenvalue weighted by molar-refractivity contribution is 8.01.